The molecule has 0 unspecified atom stereocenters. The molecular weight excluding hydrogens is 490 g/mol. The molecule has 3 aromatic heterocycles. The summed E-state index contributed by atoms with van der Waals surface area (Å²) in [4.78, 5) is 22.6. The number of carboxylic acids is 1. The summed E-state index contributed by atoms with van der Waals surface area (Å²) in [6.07, 6.45) is 4.93. The van der Waals surface area contributed by atoms with Crippen LogP contribution in [0.25, 0.3) is 10.4 Å². The van der Waals surface area contributed by atoms with Gasteiger partial charge in [0.15, 0.2) is 10.9 Å². The smallest absolute Gasteiger partial charge is 0.346 e. The minimum absolute atomic E-state index is 0.323. The zero-order valence-electron chi connectivity index (χ0n) is 18.9. The van der Waals surface area contributed by atoms with E-state index in [1.165, 1.54) is 11.5 Å². The first kappa shape index (κ1) is 22.3. The molecule has 0 bridgehead atoms. The Morgan fingerprint density at radius 3 is 2.28 bits per heavy atom. The van der Waals surface area contributed by atoms with Gasteiger partial charge in [0, 0.05) is 17.3 Å². The molecular formula is C28H19N3O3S2. The van der Waals surface area contributed by atoms with Crippen LogP contribution in [0.15, 0.2) is 90.2 Å². The normalized spacial score (nSPS) is 11.9. The Morgan fingerprint density at radius 1 is 0.917 bits per heavy atom. The van der Waals surface area contributed by atoms with Crippen molar-refractivity contribution in [1.82, 2.24) is 9.36 Å². The Balaban J connectivity index is 1.34. The molecule has 0 radical (unpaired) electrons. The first-order valence-corrected chi connectivity index (χ1v) is 12.9. The molecule has 0 aliphatic heterocycles. The molecule has 1 N–H and O–H groups in total. The van der Waals surface area contributed by atoms with Gasteiger partial charge in [-0.15, -0.1) is 0 Å². The van der Waals surface area contributed by atoms with Crippen LogP contribution in [0.3, 0.4) is 0 Å². The maximum absolute atomic E-state index is 11.9. The minimum atomic E-state index is -0.934. The van der Waals surface area contributed by atoms with Crippen LogP contribution in [0.1, 0.15) is 31.9 Å². The molecule has 0 saturated carbocycles. The third-order valence-corrected chi connectivity index (χ3v) is 7.89. The van der Waals surface area contributed by atoms with Crippen LogP contribution < -0.4 is 4.74 Å². The molecule has 5 aromatic rings. The van der Waals surface area contributed by atoms with Crippen LogP contribution in [0.4, 0.5) is 5.82 Å². The third kappa shape index (κ3) is 4.21. The molecule has 1 aliphatic rings. The maximum Gasteiger partial charge on any atom is 0.346 e. The molecule has 8 heteroatoms. The second-order valence-corrected chi connectivity index (χ2v) is 9.99. The number of thiophene rings is 1. The van der Waals surface area contributed by atoms with Crippen molar-refractivity contribution in [2.24, 2.45) is 4.99 Å². The number of hydrogen-bond donors (Lipinski definition) is 1. The predicted octanol–water partition coefficient (Wildman–Crippen LogP) is 7.02. The molecule has 6 rings (SSSR count). The van der Waals surface area contributed by atoms with Crippen LogP contribution >= 0.6 is 22.9 Å². The summed E-state index contributed by atoms with van der Waals surface area (Å²) < 4.78 is 10.5. The quantitative estimate of drug-likeness (QED) is 0.249. The zero-order valence-corrected chi connectivity index (χ0v) is 20.6. The summed E-state index contributed by atoms with van der Waals surface area (Å²) >= 11 is 2.53. The lowest BCUT2D eigenvalue weighted by Gasteiger charge is -2.13. The van der Waals surface area contributed by atoms with E-state index in [1.54, 1.807) is 12.3 Å². The molecule has 1 aliphatic carbocycles. The molecule has 6 nitrogen and oxygen atoms in total. The molecule has 2 aromatic carbocycles. The summed E-state index contributed by atoms with van der Waals surface area (Å²) in [5.74, 6) is 0.137. The Hall–Kier alpha value is -4.14. The number of carbonyl (C=O) groups is 1. The third-order valence-electron chi connectivity index (χ3n) is 5.94. The van der Waals surface area contributed by atoms with Crippen LogP contribution in [-0.4, -0.2) is 26.1 Å². The topological polar surface area (TPSA) is 84.7 Å². The fraction of sp³-hybridized carbons (Fsp3) is 0.0714. The number of aliphatic imine (C=N–C) groups is 1. The molecule has 3 heterocycles. The van der Waals surface area contributed by atoms with E-state index in [4.69, 9.17) is 9.73 Å². The van der Waals surface area contributed by atoms with Gasteiger partial charge in [0.05, 0.1) is 22.3 Å². The molecule has 0 saturated heterocycles. The van der Waals surface area contributed by atoms with Crippen molar-refractivity contribution in [1.29, 1.82) is 0 Å². The molecule has 36 heavy (non-hydrogen) atoms. The molecule has 176 valence electrons. The van der Waals surface area contributed by atoms with Gasteiger partial charge in [-0.3, -0.25) is 0 Å². The van der Waals surface area contributed by atoms with Gasteiger partial charge in [-0.25, -0.2) is 19.1 Å². The SMILES string of the molecule is O=C(O)c1sc(Oc2ccc(N=C(c3ccccc3)c3ccccc3)nc2)c2c1CCc1cnsc1-2. The van der Waals surface area contributed by atoms with E-state index in [1.807, 2.05) is 72.9 Å². The number of pyridine rings is 1. The van der Waals surface area contributed by atoms with Gasteiger partial charge in [-0.05, 0) is 47.6 Å². The Morgan fingerprint density at radius 2 is 1.64 bits per heavy atom. The predicted molar refractivity (Wildman–Crippen MR) is 142 cm³/mol. The van der Waals surface area contributed by atoms with E-state index >= 15 is 0 Å². The fourth-order valence-electron chi connectivity index (χ4n) is 4.27. The summed E-state index contributed by atoms with van der Waals surface area (Å²) in [7, 11) is 0. The van der Waals surface area contributed by atoms with Crippen LogP contribution in [0.5, 0.6) is 10.8 Å². The summed E-state index contributed by atoms with van der Waals surface area (Å²) in [5.41, 5.74) is 5.62. The highest BCUT2D eigenvalue weighted by molar-refractivity contribution is 7.17. The van der Waals surface area contributed by atoms with Crippen LogP contribution in [0.2, 0.25) is 0 Å². The average Bonchev–Trinajstić information content (AvgIpc) is 3.54. The van der Waals surface area contributed by atoms with Crippen molar-refractivity contribution in [2.45, 2.75) is 12.8 Å². The van der Waals surface area contributed by atoms with Gasteiger partial charge in [0.25, 0.3) is 0 Å². The highest BCUT2D eigenvalue weighted by Gasteiger charge is 2.30. The number of aromatic carboxylic acids is 1. The number of carboxylic acid groups (broad SMARTS) is 1. The molecule has 0 spiro atoms. The van der Waals surface area contributed by atoms with Gasteiger partial charge in [0.2, 0.25) is 0 Å². The lowest BCUT2D eigenvalue weighted by atomic mass is 9.93. The van der Waals surface area contributed by atoms with E-state index < -0.39 is 5.97 Å². The number of fused-ring (bicyclic) bond motifs is 3. The summed E-state index contributed by atoms with van der Waals surface area (Å²) in [6, 6.07) is 23.6. The first-order chi connectivity index (χ1) is 17.7. The Kier molecular flexibility index (Phi) is 5.88. The lowest BCUT2D eigenvalue weighted by Crippen LogP contribution is -2.04. The van der Waals surface area contributed by atoms with E-state index in [9.17, 15) is 9.90 Å². The lowest BCUT2D eigenvalue weighted by molar-refractivity contribution is 0.0701. The largest absolute Gasteiger partial charge is 0.477 e. The van der Waals surface area contributed by atoms with Crippen LogP contribution in [0, 0.1) is 0 Å². The van der Waals surface area contributed by atoms with Crippen molar-refractivity contribution < 1.29 is 14.6 Å². The van der Waals surface area contributed by atoms with Crippen molar-refractivity contribution in [3.05, 3.63) is 112 Å². The molecule has 0 atom stereocenters. The zero-order chi connectivity index (χ0) is 24.5. The van der Waals surface area contributed by atoms with Gasteiger partial charge < -0.3 is 9.84 Å². The summed E-state index contributed by atoms with van der Waals surface area (Å²) in [6.45, 7) is 0. The first-order valence-electron chi connectivity index (χ1n) is 11.3. The van der Waals surface area contributed by atoms with Gasteiger partial charge >= 0.3 is 5.97 Å². The maximum atomic E-state index is 11.9. The van der Waals surface area contributed by atoms with Gasteiger partial charge in [0.1, 0.15) is 10.6 Å². The number of aryl methyl sites for hydroxylation is 1. The van der Waals surface area contributed by atoms with Crippen molar-refractivity contribution in [3.8, 4) is 21.3 Å². The van der Waals surface area contributed by atoms with E-state index in [-0.39, 0.29) is 0 Å². The highest BCUT2D eigenvalue weighted by Crippen LogP contribution is 2.50. The molecule has 0 fully saturated rings. The van der Waals surface area contributed by atoms with Crippen molar-refractivity contribution in [3.63, 3.8) is 0 Å². The van der Waals surface area contributed by atoms with Crippen LogP contribution in [-0.2, 0) is 12.8 Å². The minimum Gasteiger partial charge on any atom is -0.477 e. The number of aromatic nitrogens is 2. The second-order valence-electron chi connectivity index (χ2n) is 8.20. The standard InChI is InChI=1S/C28H19N3O3S2/c32-27(33)26-21-13-11-19-15-30-36-25(19)23(21)28(35-26)34-20-12-14-22(29-16-20)31-24(17-7-3-1-4-8-17)18-9-5-2-6-10-18/h1-10,12,14-16H,11,13H2,(H,32,33). The van der Waals surface area contributed by atoms with E-state index in [2.05, 4.69) is 9.36 Å². The number of hydrogen-bond acceptors (Lipinski definition) is 7. The Bertz CT molecular complexity index is 1530. The monoisotopic (exact) mass is 509 g/mol. The number of benzene rings is 2. The van der Waals surface area contributed by atoms with E-state index in [0.29, 0.717) is 27.9 Å². The van der Waals surface area contributed by atoms with Gasteiger partial charge in [-0.1, -0.05) is 72.0 Å². The second kappa shape index (κ2) is 9.49. The number of rotatable bonds is 6. The van der Waals surface area contributed by atoms with Crippen molar-refractivity contribution in [2.75, 3.05) is 0 Å². The van der Waals surface area contributed by atoms with Crippen molar-refractivity contribution >= 4 is 40.4 Å². The number of ether oxygens (including phenoxy) is 1. The number of nitrogens with zero attached hydrogens (tertiary/aromatic N) is 3. The van der Waals surface area contributed by atoms with E-state index in [0.717, 1.165) is 56.2 Å². The average molecular weight is 510 g/mol. The highest BCUT2D eigenvalue weighted by atomic mass is 32.1. The molecule has 0 amide bonds. The fourth-order valence-corrected chi connectivity index (χ4v) is 6.26. The summed E-state index contributed by atoms with van der Waals surface area (Å²) in [5, 5.41) is 10.3. The Labute approximate surface area is 215 Å². The van der Waals surface area contributed by atoms with Gasteiger partial charge in [-0.2, -0.15) is 0 Å².